The number of aromatic amines is 6. The van der Waals surface area contributed by atoms with E-state index in [4.69, 9.17) is 88.1 Å². The van der Waals surface area contributed by atoms with Crippen molar-refractivity contribution in [2.75, 3.05) is 46.9 Å². The Morgan fingerprint density at radius 1 is 0.513 bits per heavy atom. The number of hydrogen-bond acceptors (Lipinski definition) is 17. The SMILES string of the molecule is CC(NC(=O)c1cc2cc(Cl)ccc2[nH]1)c1cnn(-c2ccccc2F)c1.CCC(NC(=O)c1cc2cc(Cl)ccc2[nH]1)c1ccccc1.CCN(Cc1noc(CC(C)C)n1)C(=O)c1cc2cc(Cl)ccc2[nH]1.COc1ccc(-c2noc(CNC(=O)c3cc4cc(Cl)ccc4[nH]3)n2)cc1OC.Cc1ccccc1C1CCN(CCNC(=O)c2cc3cc(Cl)ccc3[nH]2)C1.O=C(NC1CCCCC1O)c1cc2cc(Cl)ccc2[nH]1. The first-order valence-electron chi connectivity index (χ1n) is 49.1. The quantitative estimate of drug-likeness (QED) is 0.0227. The third-order valence-electron chi connectivity index (χ3n) is 25.7. The molecule has 21 rings (SSSR count). The van der Waals surface area contributed by atoms with E-state index in [2.05, 4.69) is 139 Å². The number of likely N-dealkylation sites (tertiary alicyclic amines) is 1. The van der Waals surface area contributed by atoms with Gasteiger partial charge in [0.1, 0.15) is 45.7 Å². The lowest BCUT2D eigenvalue weighted by atomic mass is 9.92. The summed E-state index contributed by atoms with van der Waals surface area (Å²) in [6.45, 7) is 16.8. The van der Waals surface area contributed by atoms with Crippen LogP contribution >= 0.6 is 69.6 Å². The zero-order valence-electron chi connectivity index (χ0n) is 83.4. The number of carbonyl (C=O) groups excluding carboxylic acids is 6. The number of nitrogens with zero attached hydrogens (tertiary/aromatic N) is 8. The second-order valence-corrected chi connectivity index (χ2v) is 39.4. The molecule has 1 aliphatic heterocycles. The van der Waals surface area contributed by atoms with E-state index in [1.165, 1.54) is 28.3 Å². The number of aliphatic hydroxyl groups is 1. The molecule has 19 aromatic rings. The van der Waals surface area contributed by atoms with E-state index in [-0.39, 0.29) is 71.8 Å². The van der Waals surface area contributed by atoms with E-state index in [0.717, 1.165) is 135 Å². The van der Waals surface area contributed by atoms with Crippen LogP contribution in [0.15, 0.2) is 264 Å². The van der Waals surface area contributed by atoms with Crippen molar-refractivity contribution in [2.24, 2.45) is 5.92 Å². The number of methoxy groups -OCH3 is 2. The monoisotopic (exact) mass is 2140 g/mol. The fourth-order valence-electron chi connectivity index (χ4n) is 17.8. The molecule has 2 aliphatic rings. The Bertz CT molecular complexity index is 7960. The second-order valence-electron chi connectivity index (χ2n) is 36.8. The number of aliphatic hydroxyl groups excluding tert-OH is 1. The summed E-state index contributed by atoms with van der Waals surface area (Å²) in [6, 6.07) is 73.5. The Morgan fingerprint density at radius 3 is 1.52 bits per heavy atom. The minimum absolute atomic E-state index is 0.00343. The van der Waals surface area contributed by atoms with Crippen LogP contribution in [0.4, 0.5) is 4.39 Å². The van der Waals surface area contributed by atoms with E-state index in [1.54, 1.807) is 129 Å². The Balaban J connectivity index is 0.000000129. The molecule has 1 aliphatic carbocycles. The number of aryl methyl sites for hydroxylation is 1. The van der Waals surface area contributed by atoms with Crippen molar-refractivity contribution in [2.45, 2.75) is 130 Å². The van der Waals surface area contributed by atoms with Crippen LogP contribution in [0.3, 0.4) is 0 Å². The van der Waals surface area contributed by atoms with Crippen molar-refractivity contribution in [3.63, 3.8) is 0 Å². The molecule has 0 bridgehead atoms. The van der Waals surface area contributed by atoms with Crippen LogP contribution in [-0.2, 0) is 19.5 Å². The first-order valence-corrected chi connectivity index (χ1v) is 51.4. The van der Waals surface area contributed by atoms with E-state index >= 15 is 0 Å². The maximum Gasteiger partial charge on any atom is 0.270 e. The number of H-pyrrole nitrogens is 6. The van der Waals surface area contributed by atoms with Gasteiger partial charge < -0.3 is 89.9 Å². The van der Waals surface area contributed by atoms with Gasteiger partial charge in [0.05, 0.1) is 57.7 Å². The number of nitrogens with one attached hydrogen (secondary N) is 11. The number of hydrogen-bond donors (Lipinski definition) is 12. The normalized spacial score (nSPS) is 14.2. The highest BCUT2D eigenvalue weighted by atomic mass is 35.5. The van der Waals surface area contributed by atoms with E-state index in [9.17, 15) is 38.3 Å². The maximum absolute atomic E-state index is 13.9. The highest BCUT2D eigenvalue weighted by molar-refractivity contribution is 6.33. The van der Waals surface area contributed by atoms with Crippen LogP contribution in [0, 0.1) is 18.7 Å². The van der Waals surface area contributed by atoms with Gasteiger partial charge in [0, 0.05) is 145 Å². The molecule has 10 heterocycles. The van der Waals surface area contributed by atoms with Gasteiger partial charge in [0.15, 0.2) is 17.3 Å². The topological polar surface area (TPSA) is 398 Å². The first-order chi connectivity index (χ1) is 72.4. The molecule has 6 amide bonds. The van der Waals surface area contributed by atoms with Crippen LogP contribution in [0.1, 0.15) is 194 Å². The minimum atomic E-state index is -0.438. The molecule has 1 saturated heterocycles. The van der Waals surface area contributed by atoms with Crippen LogP contribution in [0.5, 0.6) is 11.5 Å². The standard InChI is InChI=1S/C22H24ClN3O.C20H16ClFN4O.C20H17ClN4O4.C18H21ClN4O2.C18H17ClN2O.C15H17ClN2O2/c1-15-4-2-3-5-19(15)16-8-10-26(14-16)11-9-24-22(27)21-13-17-12-18(23)6-7-20(17)25-21;1-12(14-10-23-26(11-14)19-5-3-2-4-16(19)22)24-20(27)18-9-13-8-15(21)6-7-17(13)25-18;1-27-16-6-3-11(9-17(16)28-2)19-24-18(29-25-19)10-22-20(26)15-8-12-7-13(21)4-5-14(12)23-15;1-4-23(10-16-21-17(25-22-16)7-11(2)3)18(24)15-9-12-8-13(19)5-6-14(12)20-15;1-2-15(12-6-4-3-5-7-12)21-18(22)17-11-13-10-14(19)8-9-16(13)20-17;16-10-5-6-11-9(7-10)8-13(17-11)15(20)18-12-3-1-2-4-14(12)19/h2-7,12-13,16,25H,8-11,14H2,1H3,(H,24,27);2-12,25H,1H3,(H,24,27);3-9,23H,10H2,1-2H3,(H,22,26);5-6,8-9,11,20H,4,7,10H2,1-3H3;3-11,15,20H,2H2,1H3,(H,21,22);5-8,12,14,17,19H,1-4H2,(H,18,20). The molecule has 10 aromatic carbocycles. The van der Waals surface area contributed by atoms with Gasteiger partial charge >= 0.3 is 0 Å². The molecular formula is C113H112Cl6FN19O11. The number of benzene rings is 10. The van der Waals surface area contributed by atoms with Gasteiger partial charge in [0.2, 0.25) is 17.6 Å². The van der Waals surface area contributed by atoms with Crippen molar-refractivity contribution in [1.29, 1.82) is 0 Å². The number of carbonyl (C=O) groups is 6. The molecule has 9 aromatic heterocycles. The molecule has 0 spiro atoms. The van der Waals surface area contributed by atoms with Gasteiger partial charge in [-0.3, -0.25) is 28.8 Å². The highest BCUT2D eigenvalue weighted by Crippen LogP contribution is 2.35. The number of aromatic nitrogens is 12. The van der Waals surface area contributed by atoms with Crippen molar-refractivity contribution in [3.05, 3.63) is 365 Å². The van der Waals surface area contributed by atoms with Gasteiger partial charge in [-0.25, -0.2) is 9.07 Å². The van der Waals surface area contributed by atoms with Gasteiger partial charge in [-0.05, 0) is 257 Å². The summed E-state index contributed by atoms with van der Waals surface area (Å²) >= 11 is 35.9. The van der Waals surface area contributed by atoms with Crippen molar-refractivity contribution < 1.29 is 56.8 Å². The molecule has 2 fully saturated rings. The van der Waals surface area contributed by atoms with Crippen molar-refractivity contribution in [3.8, 4) is 28.6 Å². The predicted molar refractivity (Wildman–Crippen MR) is 586 cm³/mol. The molecule has 5 unspecified atom stereocenters. The average molecular weight is 2140 g/mol. The lowest BCUT2D eigenvalue weighted by Crippen LogP contribution is -2.45. The van der Waals surface area contributed by atoms with E-state index in [1.807, 2.05) is 129 Å². The van der Waals surface area contributed by atoms with Gasteiger partial charge in [-0.15, -0.1) is 0 Å². The Labute approximate surface area is 893 Å². The smallest absolute Gasteiger partial charge is 0.270 e. The minimum Gasteiger partial charge on any atom is -0.493 e. The van der Waals surface area contributed by atoms with Crippen LogP contribution in [0.25, 0.3) is 82.5 Å². The molecule has 5 atom stereocenters. The lowest BCUT2D eigenvalue weighted by molar-refractivity contribution is 0.0714. The summed E-state index contributed by atoms with van der Waals surface area (Å²) in [6.07, 6.45) is 9.29. The number of rotatable bonds is 27. The van der Waals surface area contributed by atoms with E-state index < -0.39 is 6.10 Å². The number of fused-ring (bicyclic) bond motifs is 6. The fraction of sp³-hybridized carbons (Fsp3) is 0.248. The highest BCUT2D eigenvalue weighted by Gasteiger charge is 2.29. The maximum atomic E-state index is 13.9. The molecular weight excluding hydrogens is 2030 g/mol. The number of amides is 6. The molecule has 1 saturated carbocycles. The fourth-order valence-corrected chi connectivity index (χ4v) is 18.9. The third kappa shape index (κ3) is 27.9. The molecule has 150 heavy (non-hydrogen) atoms. The predicted octanol–water partition coefficient (Wildman–Crippen LogP) is 24.4. The summed E-state index contributed by atoms with van der Waals surface area (Å²) in [5.74, 6) is 2.63. The van der Waals surface area contributed by atoms with Crippen LogP contribution in [0.2, 0.25) is 30.1 Å². The summed E-state index contributed by atoms with van der Waals surface area (Å²) < 4.78 is 36.3. The summed E-state index contributed by atoms with van der Waals surface area (Å²) in [5.41, 5.74) is 14.0. The zero-order valence-corrected chi connectivity index (χ0v) is 87.9. The van der Waals surface area contributed by atoms with Crippen LogP contribution < -0.4 is 36.1 Å². The Morgan fingerprint density at radius 2 is 1.00 bits per heavy atom. The summed E-state index contributed by atoms with van der Waals surface area (Å²) in [4.78, 5) is 106. The zero-order chi connectivity index (χ0) is 106. The number of ether oxygens (including phenoxy) is 2. The second kappa shape index (κ2) is 50.3. The van der Waals surface area contributed by atoms with Gasteiger partial charge in [-0.2, -0.15) is 15.1 Å². The largest absolute Gasteiger partial charge is 0.493 e. The Hall–Kier alpha value is -15.1. The van der Waals surface area contributed by atoms with Crippen LogP contribution in [-0.4, -0.2) is 169 Å². The van der Waals surface area contributed by atoms with Crippen molar-refractivity contribution in [1.82, 2.24) is 96.3 Å². The average Bonchev–Trinajstić information content (AvgIpc) is 1.68. The summed E-state index contributed by atoms with van der Waals surface area (Å²) in [7, 11) is 3.12. The first kappa shape index (κ1) is 108. The summed E-state index contributed by atoms with van der Waals surface area (Å²) in [5, 5.41) is 46.0. The van der Waals surface area contributed by atoms with Crippen molar-refractivity contribution >= 4 is 170 Å². The lowest BCUT2D eigenvalue weighted by Gasteiger charge is -2.28. The van der Waals surface area contributed by atoms with Gasteiger partial charge in [-0.1, -0.05) is 180 Å². The molecule has 0 radical (unpaired) electrons. The third-order valence-corrected chi connectivity index (χ3v) is 27.1. The molecule has 12 N–H and O–H groups in total. The Kier molecular flexibility index (Phi) is 36.1. The number of para-hydroxylation sites is 1. The molecule has 774 valence electrons. The molecule has 37 heteroatoms. The van der Waals surface area contributed by atoms with E-state index in [0.29, 0.717) is 136 Å². The molecule has 30 nitrogen and oxygen atoms in total. The number of halogens is 7. The van der Waals surface area contributed by atoms with Gasteiger partial charge in [0.25, 0.3) is 35.4 Å².